The third-order valence-electron chi connectivity index (χ3n) is 2.27. The van der Waals surface area contributed by atoms with Gasteiger partial charge in [-0.3, -0.25) is 0 Å². The van der Waals surface area contributed by atoms with Crippen molar-refractivity contribution in [2.45, 2.75) is 65.7 Å². The van der Waals surface area contributed by atoms with E-state index in [1.807, 2.05) is 0 Å². The van der Waals surface area contributed by atoms with Gasteiger partial charge in [-0.2, -0.15) is 0 Å². The first kappa shape index (κ1) is 11.9. The van der Waals surface area contributed by atoms with Crippen molar-refractivity contribution in [3.05, 3.63) is 6.42 Å². The first-order valence-electron chi connectivity index (χ1n) is 5.55. The number of rotatable bonds is 8. The molecular formula is C12H25+. The topological polar surface area (TPSA) is 0 Å². The van der Waals surface area contributed by atoms with E-state index in [0.29, 0.717) is 0 Å². The normalized spacial score (nSPS) is 10.7. The van der Waals surface area contributed by atoms with E-state index in [1.54, 1.807) is 0 Å². The van der Waals surface area contributed by atoms with Crippen molar-refractivity contribution in [3.8, 4) is 0 Å². The Bertz CT molecular complexity index is 74.1. The maximum Gasteiger partial charge on any atom is 0.0872 e. The highest BCUT2D eigenvalue weighted by molar-refractivity contribution is 4.55. The van der Waals surface area contributed by atoms with Crippen LogP contribution in [0.4, 0.5) is 0 Å². The molecule has 0 rings (SSSR count). The van der Waals surface area contributed by atoms with Gasteiger partial charge in [-0.25, -0.2) is 0 Å². The summed E-state index contributed by atoms with van der Waals surface area (Å²) in [6.45, 7) is 6.77. The molecule has 0 aliphatic heterocycles. The molecule has 0 N–H and O–H groups in total. The van der Waals surface area contributed by atoms with Gasteiger partial charge in [-0.1, -0.05) is 39.5 Å². The molecular weight excluding hydrogens is 144 g/mol. The van der Waals surface area contributed by atoms with Gasteiger partial charge in [0.1, 0.15) is 0 Å². The van der Waals surface area contributed by atoms with E-state index in [4.69, 9.17) is 0 Å². The van der Waals surface area contributed by atoms with Crippen molar-refractivity contribution in [1.29, 1.82) is 0 Å². The van der Waals surface area contributed by atoms with E-state index in [2.05, 4.69) is 27.2 Å². The van der Waals surface area contributed by atoms with E-state index in [1.165, 1.54) is 44.9 Å². The van der Waals surface area contributed by atoms with Crippen LogP contribution in [-0.4, -0.2) is 0 Å². The molecule has 0 aromatic rings. The lowest BCUT2D eigenvalue weighted by Crippen LogP contribution is -1.87. The second kappa shape index (κ2) is 8.96. The van der Waals surface area contributed by atoms with Gasteiger partial charge in [0.15, 0.2) is 0 Å². The second-order valence-electron chi connectivity index (χ2n) is 4.15. The molecule has 0 unspecified atom stereocenters. The Labute approximate surface area is 78.8 Å². The minimum atomic E-state index is 0.897. The first-order valence-corrected chi connectivity index (χ1v) is 5.55. The Morgan fingerprint density at radius 3 is 2.08 bits per heavy atom. The lowest BCUT2D eigenvalue weighted by Gasteiger charge is -2.02. The van der Waals surface area contributed by atoms with Gasteiger partial charge in [-0.15, -0.1) is 0 Å². The van der Waals surface area contributed by atoms with Crippen molar-refractivity contribution in [2.24, 2.45) is 5.92 Å². The first-order chi connectivity index (χ1) is 5.77. The summed E-state index contributed by atoms with van der Waals surface area (Å²) < 4.78 is 0. The van der Waals surface area contributed by atoms with E-state index in [0.717, 1.165) is 5.92 Å². The number of unbranched alkanes of at least 4 members (excludes halogenated alkanes) is 6. The quantitative estimate of drug-likeness (QED) is 0.368. The molecule has 0 aliphatic rings. The zero-order valence-electron chi connectivity index (χ0n) is 9.10. The van der Waals surface area contributed by atoms with E-state index in [-0.39, 0.29) is 0 Å². The Morgan fingerprint density at radius 2 is 1.50 bits per heavy atom. The lowest BCUT2D eigenvalue weighted by molar-refractivity contribution is 0.515. The Hall–Kier alpha value is -0.130. The van der Waals surface area contributed by atoms with Crippen LogP contribution in [0.5, 0.6) is 0 Å². The summed E-state index contributed by atoms with van der Waals surface area (Å²) in [5.41, 5.74) is 0. The monoisotopic (exact) mass is 169 g/mol. The fourth-order valence-electron chi connectivity index (χ4n) is 1.43. The van der Waals surface area contributed by atoms with E-state index < -0.39 is 0 Å². The van der Waals surface area contributed by atoms with Gasteiger partial charge in [0.2, 0.25) is 0 Å². The van der Waals surface area contributed by atoms with Crippen LogP contribution in [0.2, 0.25) is 0 Å². The molecule has 0 heteroatoms. The molecule has 0 saturated carbocycles. The van der Waals surface area contributed by atoms with Crippen LogP contribution in [0, 0.1) is 12.3 Å². The summed E-state index contributed by atoms with van der Waals surface area (Å²) in [7, 11) is 0. The Morgan fingerprint density at radius 1 is 0.917 bits per heavy atom. The van der Waals surface area contributed by atoms with Crippen molar-refractivity contribution in [1.82, 2.24) is 0 Å². The van der Waals surface area contributed by atoms with Gasteiger partial charge in [0.05, 0.1) is 19.8 Å². The standard InChI is InChI=1S/C12H25/c1-4-5-6-7-8-9-10-11-12(2)3/h4,12H,5-11H2,1-3H3/q+1. The molecule has 0 atom stereocenters. The average molecular weight is 169 g/mol. The summed E-state index contributed by atoms with van der Waals surface area (Å²) in [6, 6.07) is 0. The minimum absolute atomic E-state index is 0.897. The highest BCUT2D eigenvalue weighted by atomic mass is 14.0. The fourth-order valence-corrected chi connectivity index (χ4v) is 1.43. The van der Waals surface area contributed by atoms with Crippen LogP contribution in [0.15, 0.2) is 0 Å². The molecule has 0 amide bonds. The summed E-state index contributed by atoms with van der Waals surface area (Å²) >= 11 is 0. The van der Waals surface area contributed by atoms with Crippen molar-refractivity contribution in [2.75, 3.05) is 0 Å². The van der Waals surface area contributed by atoms with Gasteiger partial charge < -0.3 is 0 Å². The van der Waals surface area contributed by atoms with Crippen LogP contribution in [-0.2, 0) is 0 Å². The average Bonchev–Trinajstić information content (AvgIpc) is 2.02. The molecule has 12 heavy (non-hydrogen) atoms. The van der Waals surface area contributed by atoms with Crippen LogP contribution in [0.25, 0.3) is 0 Å². The van der Waals surface area contributed by atoms with E-state index in [9.17, 15) is 0 Å². The summed E-state index contributed by atoms with van der Waals surface area (Å²) in [5.74, 6) is 0.897. The highest BCUT2D eigenvalue weighted by Gasteiger charge is 1.95. The second-order valence-corrected chi connectivity index (χ2v) is 4.15. The predicted molar refractivity (Wildman–Crippen MR) is 57.1 cm³/mol. The van der Waals surface area contributed by atoms with Gasteiger partial charge in [0.25, 0.3) is 0 Å². The van der Waals surface area contributed by atoms with Gasteiger partial charge >= 0.3 is 0 Å². The molecule has 0 aliphatic carbocycles. The third-order valence-corrected chi connectivity index (χ3v) is 2.27. The van der Waals surface area contributed by atoms with Crippen molar-refractivity contribution in [3.63, 3.8) is 0 Å². The molecule has 0 heterocycles. The summed E-state index contributed by atoms with van der Waals surface area (Å²) in [6.07, 6.45) is 12.2. The van der Waals surface area contributed by atoms with Crippen molar-refractivity contribution >= 4 is 0 Å². The molecule has 0 nitrogen and oxygen atoms in total. The molecule has 0 spiro atoms. The maximum absolute atomic E-state index is 2.31. The molecule has 0 radical (unpaired) electrons. The minimum Gasteiger partial charge on any atom is -0.0628 e. The van der Waals surface area contributed by atoms with Crippen LogP contribution in [0.3, 0.4) is 0 Å². The lowest BCUT2D eigenvalue weighted by atomic mass is 10.0. The molecule has 0 aromatic carbocycles. The zero-order chi connectivity index (χ0) is 9.23. The van der Waals surface area contributed by atoms with E-state index >= 15 is 0 Å². The maximum atomic E-state index is 2.31. The fraction of sp³-hybridized carbons (Fsp3) is 0.917. The summed E-state index contributed by atoms with van der Waals surface area (Å²) in [4.78, 5) is 0. The molecule has 0 fully saturated rings. The largest absolute Gasteiger partial charge is 0.0872 e. The number of hydrogen-bond donors (Lipinski definition) is 0. The Kier molecular flexibility index (Phi) is 8.86. The van der Waals surface area contributed by atoms with Crippen LogP contribution in [0.1, 0.15) is 65.7 Å². The van der Waals surface area contributed by atoms with Crippen LogP contribution < -0.4 is 0 Å². The predicted octanol–water partition coefficient (Wildman–Crippen LogP) is 4.60. The molecule has 0 bridgehead atoms. The smallest absolute Gasteiger partial charge is 0.0628 e. The van der Waals surface area contributed by atoms with Crippen molar-refractivity contribution < 1.29 is 0 Å². The summed E-state index contributed by atoms with van der Waals surface area (Å²) in [5, 5.41) is 0. The third kappa shape index (κ3) is 9.87. The molecule has 0 saturated heterocycles. The number of hydrogen-bond acceptors (Lipinski definition) is 0. The van der Waals surface area contributed by atoms with Crippen LogP contribution >= 0.6 is 0 Å². The SMILES string of the molecule is C[CH+]CCCCCCCC(C)C. The molecule has 72 valence electrons. The van der Waals surface area contributed by atoms with Gasteiger partial charge in [-0.05, 0) is 18.8 Å². The Balaban J connectivity index is 2.82. The van der Waals surface area contributed by atoms with Gasteiger partial charge in [0, 0.05) is 0 Å². The zero-order valence-corrected chi connectivity index (χ0v) is 9.10. The highest BCUT2D eigenvalue weighted by Crippen LogP contribution is 2.11. The molecule has 0 aromatic heterocycles.